The number of nitrogens with zero attached hydrogens (tertiary/aromatic N) is 3. The van der Waals surface area contributed by atoms with E-state index in [-0.39, 0.29) is 12.0 Å². The predicted molar refractivity (Wildman–Crippen MR) is 120 cm³/mol. The van der Waals surface area contributed by atoms with Crippen LogP contribution in [-0.2, 0) is 0 Å². The molecule has 0 radical (unpaired) electrons. The molecule has 0 unspecified atom stereocenters. The number of rotatable bonds is 6. The lowest BCUT2D eigenvalue weighted by Gasteiger charge is -2.11. The topological polar surface area (TPSA) is 68.5 Å². The van der Waals surface area contributed by atoms with Gasteiger partial charge in [-0.2, -0.15) is 0 Å². The zero-order valence-corrected chi connectivity index (χ0v) is 17.6. The van der Waals surface area contributed by atoms with Gasteiger partial charge in [0, 0.05) is 28.9 Å². The molecule has 0 aliphatic heterocycles. The Morgan fingerprint density at radius 1 is 1.06 bits per heavy atom. The van der Waals surface area contributed by atoms with Crippen LogP contribution in [-0.4, -0.2) is 32.4 Å². The van der Waals surface area contributed by atoms with E-state index < -0.39 is 0 Å². The second kappa shape index (κ2) is 7.87. The number of hydrogen-bond acceptors (Lipinski definition) is 4. The van der Waals surface area contributed by atoms with Crippen molar-refractivity contribution in [2.24, 2.45) is 0 Å². The average Bonchev–Trinajstić information content (AvgIpc) is 3.48. The lowest BCUT2D eigenvalue weighted by atomic mass is 10.1. The van der Waals surface area contributed by atoms with Crippen molar-refractivity contribution in [2.45, 2.75) is 38.8 Å². The second-order valence-electron chi connectivity index (χ2n) is 8.16. The predicted octanol–water partition coefficient (Wildman–Crippen LogP) is 4.74. The lowest BCUT2D eigenvalue weighted by molar-refractivity contribution is 0.0951. The fourth-order valence-corrected chi connectivity index (χ4v) is 3.54. The van der Waals surface area contributed by atoms with Crippen molar-refractivity contribution in [3.63, 3.8) is 0 Å². The van der Waals surface area contributed by atoms with Crippen molar-refractivity contribution in [2.75, 3.05) is 0 Å². The summed E-state index contributed by atoms with van der Waals surface area (Å²) in [5, 5.41) is 3.02. The van der Waals surface area contributed by atoms with Crippen molar-refractivity contribution >= 4 is 11.6 Å². The zero-order chi connectivity index (χ0) is 21.4. The van der Waals surface area contributed by atoms with E-state index >= 15 is 0 Å². The summed E-state index contributed by atoms with van der Waals surface area (Å²) in [7, 11) is 0. The summed E-state index contributed by atoms with van der Waals surface area (Å²) in [6.07, 6.45) is 7.85. The van der Waals surface area contributed by atoms with E-state index in [1.807, 2.05) is 79.2 Å². The zero-order valence-electron chi connectivity index (χ0n) is 17.6. The molecule has 6 nitrogen and oxygen atoms in total. The van der Waals surface area contributed by atoms with Crippen molar-refractivity contribution in [3.8, 4) is 28.3 Å². The SMILES string of the molecule is CC(C)Oc1cccc(-c2cn3c(-c4ccc(C(=O)NC5CC5)cc4)cnc3cn2)c1. The van der Waals surface area contributed by atoms with Crippen LogP contribution in [0, 0.1) is 0 Å². The minimum atomic E-state index is -0.0119. The Labute approximate surface area is 180 Å². The molecular formula is C25H24N4O2. The van der Waals surface area contributed by atoms with Gasteiger partial charge in [0.2, 0.25) is 0 Å². The molecule has 156 valence electrons. The number of fused-ring (bicyclic) bond motifs is 1. The van der Waals surface area contributed by atoms with E-state index in [1.54, 1.807) is 6.20 Å². The van der Waals surface area contributed by atoms with Crippen LogP contribution in [0.5, 0.6) is 5.75 Å². The van der Waals surface area contributed by atoms with E-state index in [0.29, 0.717) is 11.6 Å². The van der Waals surface area contributed by atoms with E-state index in [9.17, 15) is 4.79 Å². The molecule has 4 aromatic rings. The van der Waals surface area contributed by atoms with Gasteiger partial charge in [-0.3, -0.25) is 14.2 Å². The average molecular weight is 412 g/mol. The molecule has 1 aliphatic carbocycles. The fraction of sp³-hybridized carbons (Fsp3) is 0.240. The van der Waals surface area contributed by atoms with Crippen LogP contribution in [0.2, 0.25) is 0 Å². The molecule has 1 saturated carbocycles. The van der Waals surface area contributed by atoms with E-state index in [0.717, 1.165) is 46.8 Å². The first-order valence-corrected chi connectivity index (χ1v) is 10.6. The quantitative estimate of drug-likeness (QED) is 0.497. The fourth-order valence-electron chi connectivity index (χ4n) is 3.54. The van der Waals surface area contributed by atoms with Crippen LogP contribution >= 0.6 is 0 Å². The number of carbonyl (C=O) groups excluding carboxylic acids is 1. The Hall–Kier alpha value is -3.67. The van der Waals surface area contributed by atoms with Crippen molar-refractivity contribution in [1.29, 1.82) is 0 Å². The maximum absolute atomic E-state index is 12.3. The Kier molecular flexibility index (Phi) is 4.90. The summed E-state index contributed by atoms with van der Waals surface area (Å²) in [6, 6.07) is 15.9. The largest absolute Gasteiger partial charge is 0.491 e. The standard InChI is InChI=1S/C25H24N4O2/c1-16(2)31-21-5-3-4-19(12-21)22-15-29-23(13-27-24(29)14-26-22)17-6-8-18(9-7-17)25(30)28-20-10-11-20/h3-9,12-16,20H,10-11H2,1-2H3,(H,28,30). The third-order valence-electron chi connectivity index (χ3n) is 5.25. The second-order valence-corrected chi connectivity index (χ2v) is 8.16. The Bertz CT molecular complexity index is 1240. The first-order valence-electron chi connectivity index (χ1n) is 10.6. The Morgan fingerprint density at radius 2 is 1.87 bits per heavy atom. The molecule has 2 aromatic carbocycles. The minimum Gasteiger partial charge on any atom is -0.491 e. The van der Waals surface area contributed by atoms with Crippen molar-refractivity contribution in [1.82, 2.24) is 19.7 Å². The normalized spacial score (nSPS) is 13.5. The van der Waals surface area contributed by atoms with Gasteiger partial charge in [-0.25, -0.2) is 4.98 Å². The highest BCUT2D eigenvalue weighted by Crippen LogP contribution is 2.26. The highest BCUT2D eigenvalue weighted by atomic mass is 16.5. The summed E-state index contributed by atoms with van der Waals surface area (Å²) >= 11 is 0. The van der Waals surface area contributed by atoms with E-state index in [4.69, 9.17) is 4.74 Å². The Morgan fingerprint density at radius 3 is 2.61 bits per heavy atom. The number of amides is 1. The van der Waals surface area contributed by atoms with Gasteiger partial charge in [0.15, 0.2) is 5.65 Å². The van der Waals surface area contributed by atoms with E-state index in [1.165, 1.54) is 0 Å². The molecule has 1 amide bonds. The first-order chi connectivity index (χ1) is 15.1. The molecule has 0 atom stereocenters. The van der Waals surface area contributed by atoms with Gasteiger partial charge in [0.1, 0.15) is 5.75 Å². The van der Waals surface area contributed by atoms with Crippen LogP contribution in [0.15, 0.2) is 67.1 Å². The minimum absolute atomic E-state index is 0.0119. The van der Waals surface area contributed by atoms with Crippen molar-refractivity contribution in [3.05, 3.63) is 72.7 Å². The molecule has 1 aliphatic rings. The summed E-state index contributed by atoms with van der Waals surface area (Å²) in [5.74, 6) is 0.808. The number of imidazole rings is 1. The van der Waals surface area contributed by atoms with Crippen LogP contribution in [0.1, 0.15) is 37.0 Å². The van der Waals surface area contributed by atoms with Crippen LogP contribution in [0.4, 0.5) is 0 Å². The maximum atomic E-state index is 12.3. The summed E-state index contributed by atoms with van der Waals surface area (Å²) in [5.41, 5.74) is 5.19. The maximum Gasteiger partial charge on any atom is 0.251 e. The van der Waals surface area contributed by atoms with E-state index in [2.05, 4.69) is 15.3 Å². The molecule has 1 fully saturated rings. The highest BCUT2D eigenvalue weighted by molar-refractivity contribution is 5.95. The van der Waals surface area contributed by atoms with Crippen molar-refractivity contribution < 1.29 is 9.53 Å². The molecule has 1 N–H and O–H groups in total. The molecular weight excluding hydrogens is 388 g/mol. The molecule has 0 saturated heterocycles. The number of aromatic nitrogens is 3. The number of ether oxygens (including phenoxy) is 1. The van der Waals surface area contributed by atoms with Gasteiger partial charge in [0.05, 0.1) is 29.9 Å². The van der Waals surface area contributed by atoms with Crippen LogP contribution in [0.25, 0.3) is 28.2 Å². The molecule has 0 bridgehead atoms. The lowest BCUT2D eigenvalue weighted by Crippen LogP contribution is -2.25. The molecule has 2 aromatic heterocycles. The van der Waals surface area contributed by atoms with Gasteiger partial charge >= 0.3 is 0 Å². The number of nitrogens with one attached hydrogen (secondary N) is 1. The van der Waals surface area contributed by atoms with Gasteiger partial charge < -0.3 is 10.1 Å². The number of benzene rings is 2. The highest BCUT2D eigenvalue weighted by Gasteiger charge is 2.23. The third-order valence-corrected chi connectivity index (χ3v) is 5.25. The van der Waals surface area contributed by atoms with Gasteiger partial charge in [0.25, 0.3) is 5.91 Å². The summed E-state index contributed by atoms with van der Waals surface area (Å²) < 4.78 is 7.85. The van der Waals surface area contributed by atoms with Crippen LogP contribution in [0.3, 0.4) is 0 Å². The molecule has 6 heteroatoms. The summed E-state index contributed by atoms with van der Waals surface area (Å²) in [6.45, 7) is 4.02. The van der Waals surface area contributed by atoms with Gasteiger partial charge in [-0.15, -0.1) is 0 Å². The molecule has 5 rings (SSSR count). The molecule has 2 heterocycles. The number of carbonyl (C=O) groups is 1. The molecule has 0 spiro atoms. The number of hydrogen-bond donors (Lipinski definition) is 1. The van der Waals surface area contributed by atoms with Crippen LogP contribution < -0.4 is 10.1 Å². The Balaban J connectivity index is 1.46. The smallest absolute Gasteiger partial charge is 0.251 e. The summed E-state index contributed by atoms with van der Waals surface area (Å²) in [4.78, 5) is 21.3. The van der Waals surface area contributed by atoms with Gasteiger partial charge in [-0.1, -0.05) is 24.3 Å². The third kappa shape index (κ3) is 4.14. The monoisotopic (exact) mass is 412 g/mol. The van der Waals surface area contributed by atoms with Gasteiger partial charge in [-0.05, 0) is 51.0 Å². The molecule has 31 heavy (non-hydrogen) atoms. The first kappa shape index (κ1) is 19.3.